The lowest BCUT2D eigenvalue weighted by molar-refractivity contribution is 0.0936. The zero-order valence-electron chi connectivity index (χ0n) is 17.1. The van der Waals surface area contributed by atoms with Gasteiger partial charge in [0.1, 0.15) is 0 Å². The van der Waals surface area contributed by atoms with Crippen molar-refractivity contribution in [2.45, 2.75) is 12.6 Å². The first kappa shape index (κ1) is 20.8. The van der Waals surface area contributed by atoms with Gasteiger partial charge in [0.05, 0.1) is 12.6 Å². The van der Waals surface area contributed by atoms with Gasteiger partial charge in [0.25, 0.3) is 0 Å². The number of rotatable bonds is 7. The van der Waals surface area contributed by atoms with Gasteiger partial charge in [-0.25, -0.2) is 4.79 Å². The van der Waals surface area contributed by atoms with Crippen molar-refractivity contribution in [2.75, 3.05) is 37.6 Å². The number of aliphatic hydroxyl groups excluding tert-OH is 1. The zero-order valence-corrected chi connectivity index (χ0v) is 17.1. The van der Waals surface area contributed by atoms with Gasteiger partial charge in [-0.15, -0.1) is 0 Å². The van der Waals surface area contributed by atoms with E-state index in [1.54, 1.807) is 12.1 Å². The molecule has 9 nitrogen and oxygen atoms in total. The van der Waals surface area contributed by atoms with Gasteiger partial charge >= 0.3 is 5.76 Å². The van der Waals surface area contributed by atoms with E-state index in [-0.39, 0.29) is 6.54 Å². The molecule has 1 aromatic heterocycles. The lowest BCUT2D eigenvalue weighted by Gasteiger charge is -2.37. The van der Waals surface area contributed by atoms with Crippen LogP contribution in [0.3, 0.4) is 0 Å². The zero-order chi connectivity index (χ0) is 21.8. The molecule has 1 atom stereocenters. The Morgan fingerprint density at radius 2 is 1.71 bits per heavy atom. The van der Waals surface area contributed by atoms with Gasteiger partial charge in [0, 0.05) is 49.5 Å². The predicted molar refractivity (Wildman–Crippen MR) is 116 cm³/mol. The average molecular weight is 423 g/mol. The molecule has 2 aromatic carbocycles. The SMILES string of the molecule is NC(=O)c1ccc(N2CCN(CC(O)Cn3c(-c4ccccc4)noc3=O)CC2)cc1. The molecule has 1 aliphatic rings. The number of anilines is 1. The molecule has 0 spiro atoms. The van der Waals surface area contributed by atoms with Crippen molar-refractivity contribution in [3.05, 3.63) is 70.7 Å². The molecule has 3 aromatic rings. The van der Waals surface area contributed by atoms with E-state index < -0.39 is 17.8 Å². The number of hydrogen-bond donors (Lipinski definition) is 2. The highest BCUT2D eigenvalue weighted by Gasteiger charge is 2.22. The van der Waals surface area contributed by atoms with E-state index in [1.165, 1.54) is 4.57 Å². The summed E-state index contributed by atoms with van der Waals surface area (Å²) >= 11 is 0. The molecule has 0 bridgehead atoms. The van der Waals surface area contributed by atoms with Crippen LogP contribution in [0.15, 0.2) is 63.9 Å². The summed E-state index contributed by atoms with van der Waals surface area (Å²) in [6.45, 7) is 3.70. The highest BCUT2D eigenvalue weighted by atomic mass is 16.5. The lowest BCUT2D eigenvalue weighted by Crippen LogP contribution is -2.49. The van der Waals surface area contributed by atoms with Crippen LogP contribution in [-0.4, -0.2) is 64.5 Å². The number of β-amino-alcohol motifs (C(OH)–C–C–N with tert-alkyl or cyclic N) is 1. The molecule has 1 saturated heterocycles. The molecule has 2 heterocycles. The van der Waals surface area contributed by atoms with Crippen LogP contribution in [0.4, 0.5) is 5.69 Å². The maximum atomic E-state index is 12.1. The monoisotopic (exact) mass is 423 g/mol. The van der Waals surface area contributed by atoms with Crippen molar-refractivity contribution >= 4 is 11.6 Å². The maximum absolute atomic E-state index is 12.1. The van der Waals surface area contributed by atoms with Crippen molar-refractivity contribution in [3.63, 3.8) is 0 Å². The van der Waals surface area contributed by atoms with Crippen molar-refractivity contribution in [3.8, 4) is 11.4 Å². The third-order valence-corrected chi connectivity index (χ3v) is 5.47. The molecule has 9 heteroatoms. The molecule has 0 aliphatic carbocycles. The minimum absolute atomic E-state index is 0.112. The van der Waals surface area contributed by atoms with Crippen LogP contribution in [0.1, 0.15) is 10.4 Å². The second-order valence-electron chi connectivity index (χ2n) is 7.60. The summed E-state index contributed by atoms with van der Waals surface area (Å²) in [5.41, 5.74) is 7.58. The molecule has 0 radical (unpaired) electrons. The van der Waals surface area contributed by atoms with E-state index in [0.717, 1.165) is 37.4 Å². The minimum atomic E-state index is -0.735. The fourth-order valence-corrected chi connectivity index (χ4v) is 3.82. The Morgan fingerprint density at radius 3 is 2.35 bits per heavy atom. The fraction of sp³-hybridized carbons (Fsp3) is 0.318. The van der Waals surface area contributed by atoms with Gasteiger partial charge in [-0.3, -0.25) is 18.8 Å². The molecule has 162 valence electrons. The highest BCUT2D eigenvalue weighted by molar-refractivity contribution is 5.93. The summed E-state index contributed by atoms with van der Waals surface area (Å²) in [4.78, 5) is 27.7. The Hall–Kier alpha value is -3.43. The van der Waals surface area contributed by atoms with E-state index >= 15 is 0 Å². The van der Waals surface area contributed by atoms with Gasteiger partial charge in [-0.1, -0.05) is 35.5 Å². The lowest BCUT2D eigenvalue weighted by atomic mass is 10.1. The molecule has 0 saturated carbocycles. The number of amides is 1. The number of piperazine rings is 1. The Labute approximate surface area is 179 Å². The number of nitrogens with two attached hydrogens (primary N) is 1. The van der Waals surface area contributed by atoms with Gasteiger partial charge in [-0.2, -0.15) is 0 Å². The van der Waals surface area contributed by atoms with E-state index in [1.807, 2.05) is 42.5 Å². The normalized spacial score (nSPS) is 15.7. The third-order valence-electron chi connectivity index (χ3n) is 5.47. The van der Waals surface area contributed by atoms with Crippen LogP contribution < -0.4 is 16.4 Å². The van der Waals surface area contributed by atoms with Crippen LogP contribution in [0.25, 0.3) is 11.4 Å². The Morgan fingerprint density at radius 1 is 1.03 bits per heavy atom. The summed E-state index contributed by atoms with van der Waals surface area (Å²) in [6, 6.07) is 16.5. The maximum Gasteiger partial charge on any atom is 0.441 e. The first-order valence-corrected chi connectivity index (χ1v) is 10.2. The number of nitrogens with zero attached hydrogens (tertiary/aromatic N) is 4. The number of aliphatic hydroxyl groups is 1. The summed E-state index contributed by atoms with van der Waals surface area (Å²) < 4.78 is 6.20. The van der Waals surface area contributed by atoms with Crippen LogP contribution in [-0.2, 0) is 6.54 Å². The number of benzene rings is 2. The standard InChI is InChI=1S/C22H25N5O4/c23-20(29)16-6-8-18(9-7-16)26-12-10-25(11-13-26)14-19(28)15-27-21(24-31-22(27)30)17-4-2-1-3-5-17/h1-9,19,28H,10-15H2,(H2,23,29). The molecular weight excluding hydrogens is 398 g/mol. The Bertz CT molecular complexity index is 1070. The first-order chi connectivity index (χ1) is 15.0. The molecule has 31 heavy (non-hydrogen) atoms. The van der Waals surface area contributed by atoms with Crippen LogP contribution in [0.2, 0.25) is 0 Å². The van der Waals surface area contributed by atoms with E-state index in [4.69, 9.17) is 10.3 Å². The van der Waals surface area contributed by atoms with Crippen molar-refractivity contribution in [1.29, 1.82) is 0 Å². The molecule has 1 amide bonds. The summed E-state index contributed by atoms with van der Waals surface area (Å²) in [6.07, 6.45) is -0.735. The second kappa shape index (κ2) is 9.15. The molecule has 4 rings (SSSR count). The summed E-state index contributed by atoms with van der Waals surface area (Å²) in [7, 11) is 0. The molecule has 1 aliphatic heterocycles. The topological polar surface area (TPSA) is 118 Å². The Balaban J connectivity index is 1.33. The van der Waals surface area contributed by atoms with Crippen LogP contribution >= 0.6 is 0 Å². The fourth-order valence-electron chi connectivity index (χ4n) is 3.82. The number of primary amides is 1. The third kappa shape index (κ3) is 4.84. The van der Waals surface area contributed by atoms with E-state index in [2.05, 4.69) is 15.0 Å². The quantitative estimate of drug-likeness (QED) is 0.577. The van der Waals surface area contributed by atoms with Gasteiger partial charge in [-0.05, 0) is 24.3 Å². The number of carbonyl (C=O) groups is 1. The molecule has 1 fully saturated rings. The van der Waals surface area contributed by atoms with Gasteiger partial charge < -0.3 is 15.7 Å². The largest absolute Gasteiger partial charge is 0.441 e. The molecular formula is C22H25N5O4. The minimum Gasteiger partial charge on any atom is -0.390 e. The van der Waals surface area contributed by atoms with Crippen LogP contribution in [0.5, 0.6) is 0 Å². The first-order valence-electron chi connectivity index (χ1n) is 10.2. The van der Waals surface area contributed by atoms with E-state index in [9.17, 15) is 14.7 Å². The van der Waals surface area contributed by atoms with Crippen molar-refractivity contribution < 1.29 is 14.4 Å². The summed E-state index contributed by atoms with van der Waals surface area (Å²) in [5.74, 6) is -0.608. The second-order valence-corrected chi connectivity index (χ2v) is 7.60. The Kier molecular flexibility index (Phi) is 6.15. The van der Waals surface area contributed by atoms with Crippen molar-refractivity contribution in [1.82, 2.24) is 14.6 Å². The molecule has 1 unspecified atom stereocenters. The van der Waals surface area contributed by atoms with Crippen LogP contribution in [0, 0.1) is 0 Å². The van der Waals surface area contributed by atoms with E-state index in [0.29, 0.717) is 17.9 Å². The van der Waals surface area contributed by atoms with Crippen molar-refractivity contribution in [2.24, 2.45) is 5.73 Å². The average Bonchev–Trinajstić information content (AvgIpc) is 3.15. The van der Waals surface area contributed by atoms with Gasteiger partial charge in [0.15, 0.2) is 5.82 Å². The summed E-state index contributed by atoms with van der Waals surface area (Å²) in [5, 5.41) is 14.5. The number of hydrogen-bond acceptors (Lipinski definition) is 7. The van der Waals surface area contributed by atoms with Gasteiger partial charge in [0.2, 0.25) is 5.91 Å². The highest BCUT2D eigenvalue weighted by Crippen LogP contribution is 2.18. The number of carbonyl (C=O) groups excluding carboxylic acids is 1. The predicted octanol–water partition coefficient (Wildman–Crippen LogP) is 0.785. The smallest absolute Gasteiger partial charge is 0.390 e. The number of aromatic nitrogens is 2. The molecule has 3 N–H and O–H groups in total.